The van der Waals surface area contributed by atoms with Gasteiger partial charge in [0.05, 0.1) is 11.7 Å². The number of para-hydroxylation sites is 1. The lowest BCUT2D eigenvalue weighted by Crippen LogP contribution is -2.53. The zero-order chi connectivity index (χ0) is 20.8. The van der Waals surface area contributed by atoms with Crippen molar-refractivity contribution < 1.29 is 14.3 Å². The normalized spacial score (nSPS) is 25.7. The Morgan fingerprint density at radius 1 is 1.04 bits per heavy atom. The number of carbonyl (C=O) groups is 2. The smallest absolute Gasteiger partial charge is 0.258 e. The standard InChI is InChI=1S/C23H34N2O3/c1-15(2)19-13-9-7-11-17(5)28-20-14-10-8-12-18(20)23(27)25(6)21(16(3)4)22(26)24-19/h7-10,12,14-17,19,21H,11,13H2,1-6H3,(H,24,26)/b9-7+/t17-,19+,21+/m0/s1. The first kappa shape index (κ1) is 22.0. The van der Waals surface area contributed by atoms with Gasteiger partial charge in [-0.3, -0.25) is 9.59 Å². The van der Waals surface area contributed by atoms with Crippen molar-refractivity contribution in [2.75, 3.05) is 7.05 Å². The summed E-state index contributed by atoms with van der Waals surface area (Å²) in [7, 11) is 1.70. The number of benzene rings is 1. The lowest BCUT2D eigenvalue weighted by atomic mass is 9.96. The maximum atomic E-state index is 13.2. The van der Waals surface area contributed by atoms with Gasteiger partial charge in [0.15, 0.2) is 0 Å². The van der Waals surface area contributed by atoms with Gasteiger partial charge in [0.1, 0.15) is 11.8 Å². The second kappa shape index (κ2) is 9.76. The van der Waals surface area contributed by atoms with Crippen LogP contribution in [0.2, 0.25) is 0 Å². The number of nitrogens with one attached hydrogen (secondary N) is 1. The summed E-state index contributed by atoms with van der Waals surface area (Å²) in [6.07, 6.45) is 5.66. The summed E-state index contributed by atoms with van der Waals surface area (Å²) in [5.74, 6) is 0.523. The number of fused-ring (bicyclic) bond motifs is 1. The summed E-state index contributed by atoms with van der Waals surface area (Å²) in [4.78, 5) is 27.9. The Hall–Kier alpha value is -2.30. The molecule has 0 aromatic heterocycles. The lowest BCUT2D eigenvalue weighted by Gasteiger charge is -2.33. The number of hydrogen-bond donors (Lipinski definition) is 1. The predicted molar refractivity (Wildman–Crippen MR) is 112 cm³/mol. The summed E-state index contributed by atoms with van der Waals surface area (Å²) in [6, 6.07) is 6.73. The first-order valence-electron chi connectivity index (χ1n) is 10.2. The van der Waals surface area contributed by atoms with Crippen molar-refractivity contribution in [2.24, 2.45) is 11.8 Å². The van der Waals surface area contributed by atoms with E-state index in [2.05, 4.69) is 31.3 Å². The molecule has 1 N–H and O–H groups in total. The molecule has 0 unspecified atom stereocenters. The largest absolute Gasteiger partial charge is 0.490 e. The molecule has 0 spiro atoms. The molecule has 154 valence electrons. The van der Waals surface area contributed by atoms with Crippen LogP contribution in [0.3, 0.4) is 0 Å². The van der Waals surface area contributed by atoms with E-state index < -0.39 is 6.04 Å². The van der Waals surface area contributed by atoms with Gasteiger partial charge in [-0.15, -0.1) is 0 Å². The van der Waals surface area contributed by atoms with Crippen molar-refractivity contribution in [3.05, 3.63) is 42.0 Å². The number of ether oxygens (including phenoxy) is 1. The fraction of sp³-hybridized carbons (Fsp3) is 0.565. The van der Waals surface area contributed by atoms with Crippen LogP contribution >= 0.6 is 0 Å². The second-order valence-electron chi connectivity index (χ2n) is 8.33. The van der Waals surface area contributed by atoms with E-state index in [4.69, 9.17) is 4.74 Å². The van der Waals surface area contributed by atoms with Gasteiger partial charge in [-0.05, 0) is 37.3 Å². The average Bonchev–Trinajstić information content (AvgIpc) is 2.63. The molecule has 0 fully saturated rings. The zero-order valence-corrected chi connectivity index (χ0v) is 17.9. The first-order chi connectivity index (χ1) is 13.2. The van der Waals surface area contributed by atoms with Crippen LogP contribution in [0.25, 0.3) is 0 Å². The molecule has 1 aliphatic heterocycles. The van der Waals surface area contributed by atoms with E-state index in [0.717, 1.165) is 12.8 Å². The van der Waals surface area contributed by atoms with Crippen molar-refractivity contribution in [1.82, 2.24) is 10.2 Å². The average molecular weight is 387 g/mol. The van der Waals surface area contributed by atoms with Crippen molar-refractivity contribution in [2.45, 2.75) is 65.6 Å². The van der Waals surface area contributed by atoms with Crippen LogP contribution in [0.15, 0.2) is 36.4 Å². The van der Waals surface area contributed by atoms with E-state index in [0.29, 0.717) is 17.2 Å². The predicted octanol–water partition coefficient (Wildman–Crippen LogP) is 4.04. The van der Waals surface area contributed by atoms with Gasteiger partial charge in [0, 0.05) is 19.5 Å². The highest BCUT2D eigenvalue weighted by Crippen LogP contribution is 2.24. The SMILES string of the molecule is CC(C)[C@H]1C/C=C/C[C@H](C)Oc2ccccc2C(=O)N(C)[C@H](C(C)C)C(=O)N1. The highest BCUT2D eigenvalue weighted by atomic mass is 16.5. The van der Waals surface area contributed by atoms with E-state index in [1.165, 1.54) is 0 Å². The first-order valence-corrected chi connectivity index (χ1v) is 10.2. The maximum Gasteiger partial charge on any atom is 0.258 e. The summed E-state index contributed by atoms with van der Waals surface area (Å²) in [6.45, 7) is 10.1. The Kier molecular flexibility index (Phi) is 7.67. The molecule has 1 aliphatic rings. The number of carbonyl (C=O) groups excluding carboxylic acids is 2. The number of likely N-dealkylation sites (N-methyl/N-ethyl adjacent to an activating group) is 1. The molecule has 0 saturated carbocycles. The summed E-state index contributed by atoms with van der Waals surface area (Å²) < 4.78 is 6.06. The third kappa shape index (κ3) is 5.37. The van der Waals surface area contributed by atoms with E-state index >= 15 is 0 Å². The molecule has 2 rings (SSSR count). The maximum absolute atomic E-state index is 13.2. The zero-order valence-electron chi connectivity index (χ0n) is 17.9. The molecule has 1 aromatic rings. The molecule has 1 aromatic carbocycles. The van der Waals surface area contributed by atoms with Gasteiger partial charge >= 0.3 is 0 Å². The van der Waals surface area contributed by atoms with E-state index in [-0.39, 0.29) is 29.9 Å². The number of nitrogens with zero attached hydrogens (tertiary/aromatic N) is 1. The van der Waals surface area contributed by atoms with Gasteiger partial charge in [-0.2, -0.15) is 0 Å². The number of hydrogen-bond acceptors (Lipinski definition) is 3. The van der Waals surface area contributed by atoms with Gasteiger partial charge in [-0.25, -0.2) is 0 Å². The van der Waals surface area contributed by atoms with Crippen molar-refractivity contribution in [1.29, 1.82) is 0 Å². The highest BCUT2D eigenvalue weighted by Gasteiger charge is 2.33. The fourth-order valence-electron chi connectivity index (χ4n) is 3.55. The summed E-state index contributed by atoms with van der Waals surface area (Å²) in [5.41, 5.74) is 0.483. The minimum Gasteiger partial charge on any atom is -0.490 e. The molecule has 0 aliphatic carbocycles. The van der Waals surface area contributed by atoms with Gasteiger partial charge < -0.3 is 15.0 Å². The topological polar surface area (TPSA) is 58.6 Å². The molecular formula is C23H34N2O3. The van der Waals surface area contributed by atoms with Crippen LogP contribution in [0, 0.1) is 11.8 Å². The van der Waals surface area contributed by atoms with E-state index in [9.17, 15) is 9.59 Å². The molecule has 0 radical (unpaired) electrons. The van der Waals surface area contributed by atoms with Gasteiger partial charge in [0.25, 0.3) is 5.91 Å². The van der Waals surface area contributed by atoms with Crippen molar-refractivity contribution in [3.8, 4) is 5.75 Å². The summed E-state index contributed by atoms with van der Waals surface area (Å²) >= 11 is 0. The van der Waals surface area contributed by atoms with Crippen LogP contribution in [-0.2, 0) is 4.79 Å². The van der Waals surface area contributed by atoms with Crippen LogP contribution in [0.4, 0.5) is 0 Å². The van der Waals surface area contributed by atoms with Crippen molar-refractivity contribution >= 4 is 11.8 Å². The lowest BCUT2D eigenvalue weighted by molar-refractivity contribution is -0.127. The molecule has 1 heterocycles. The van der Waals surface area contributed by atoms with Gasteiger partial charge in [0.2, 0.25) is 5.91 Å². The molecule has 3 atom stereocenters. The molecule has 0 saturated heterocycles. The monoisotopic (exact) mass is 386 g/mol. The highest BCUT2D eigenvalue weighted by molar-refractivity contribution is 5.99. The second-order valence-corrected chi connectivity index (χ2v) is 8.33. The fourth-order valence-corrected chi connectivity index (χ4v) is 3.55. The quantitative estimate of drug-likeness (QED) is 0.781. The molecule has 0 bridgehead atoms. The summed E-state index contributed by atoms with van der Waals surface area (Å²) in [5, 5.41) is 3.17. The van der Waals surface area contributed by atoms with Crippen LogP contribution < -0.4 is 10.1 Å². The molecule has 2 amide bonds. The van der Waals surface area contributed by atoms with E-state index in [1.54, 1.807) is 18.0 Å². The van der Waals surface area contributed by atoms with E-state index in [1.807, 2.05) is 39.0 Å². The Morgan fingerprint density at radius 3 is 2.32 bits per heavy atom. The molecular weight excluding hydrogens is 352 g/mol. The third-order valence-corrected chi connectivity index (χ3v) is 5.24. The van der Waals surface area contributed by atoms with Crippen LogP contribution in [-0.4, -0.2) is 41.9 Å². The third-order valence-electron chi connectivity index (χ3n) is 5.24. The Bertz CT molecular complexity index is 712. The molecule has 5 nitrogen and oxygen atoms in total. The Labute approximate surface area is 169 Å². The Balaban J connectivity index is 2.45. The Morgan fingerprint density at radius 2 is 1.68 bits per heavy atom. The van der Waals surface area contributed by atoms with Crippen LogP contribution in [0.1, 0.15) is 57.8 Å². The van der Waals surface area contributed by atoms with Crippen LogP contribution in [0.5, 0.6) is 5.75 Å². The minimum absolute atomic E-state index is 0.0165. The minimum atomic E-state index is -0.550. The molecule has 5 heteroatoms. The number of rotatable bonds is 2. The number of amides is 2. The van der Waals surface area contributed by atoms with Crippen molar-refractivity contribution in [3.63, 3.8) is 0 Å². The van der Waals surface area contributed by atoms with Gasteiger partial charge in [-0.1, -0.05) is 52.0 Å². The molecule has 28 heavy (non-hydrogen) atoms.